The number of hydrogen-bond donors (Lipinski definition) is 0. The molecule has 0 aromatic heterocycles. The van der Waals surface area contributed by atoms with Crippen LogP contribution in [0.25, 0.3) is 0 Å². The topological polar surface area (TPSA) is 0 Å². The first-order valence-electron chi connectivity index (χ1n) is 0. The van der Waals surface area contributed by atoms with Gasteiger partial charge in [0.2, 0.25) is 0 Å². The van der Waals surface area contributed by atoms with Crippen LogP contribution in [0.3, 0.4) is 0 Å². The Morgan fingerprint density at radius 1 is 1.00 bits per heavy atom. The van der Waals surface area contributed by atoms with Gasteiger partial charge in [-0.15, -0.1) is 0 Å². The van der Waals surface area contributed by atoms with Gasteiger partial charge < -0.3 is 0 Å². The van der Waals surface area contributed by atoms with Crippen molar-refractivity contribution < 1.29 is 75.5 Å². The van der Waals surface area contributed by atoms with Crippen molar-refractivity contribution in [2.75, 3.05) is 0 Å². The van der Waals surface area contributed by atoms with E-state index in [0.717, 1.165) is 0 Å². The molecule has 0 aromatic rings. The summed E-state index contributed by atoms with van der Waals surface area (Å²) in [6, 6.07) is 0. The van der Waals surface area contributed by atoms with Gasteiger partial charge >= 0.3 is 37.7 Å². The van der Waals surface area contributed by atoms with E-state index in [1.54, 1.807) is 0 Å². The van der Waals surface area contributed by atoms with E-state index in [2.05, 4.69) is 0 Å². The van der Waals surface area contributed by atoms with Crippen LogP contribution in [0.5, 0.6) is 0 Å². The van der Waals surface area contributed by atoms with Gasteiger partial charge in [0.05, 0.1) is 0 Å². The van der Waals surface area contributed by atoms with Gasteiger partial charge in [-0.25, -0.2) is 0 Å². The van der Waals surface area contributed by atoms with Crippen LogP contribution in [0.2, 0.25) is 0 Å². The van der Waals surface area contributed by atoms with E-state index in [-0.39, 0.29) is 124 Å². The van der Waals surface area contributed by atoms with E-state index in [0.29, 0.717) is 0 Å². The van der Waals surface area contributed by atoms with Crippen LogP contribution in [0.4, 0.5) is 0 Å². The average Bonchev–Trinajstić information content (AvgIpc) is 0. The molecule has 0 nitrogen and oxygen atoms in total. The molecule has 5 heavy (non-hydrogen) atoms. The third-order valence-electron chi connectivity index (χ3n) is 0. The van der Waals surface area contributed by atoms with Crippen LogP contribution in [0, 0.1) is 0 Å². The number of rotatable bonds is 0. The Morgan fingerprint density at radius 2 is 1.00 bits per heavy atom. The Morgan fingerprint density at radius 3 is 1.00 bits per heavy atom. The van der Waals surface area contributed by atoms with Crippen molar-refractivity contribution in [2.45, 2.75) is 0 Å². The summed E-state index contributed by atoms with van der Waals surface area (Å²) in [4.78, 5) is 0. The van der Waals surface area contributed by atoms with Gasteiger partial charge in [-0.2, -0.15) is 0 Å². The van der Waals surface area contributed by atoms with Crippen molar-refractivity contribution in [2.24, 2.45) is 0 Å². The van der Waals surface area contributed by atoms with Crippen LogP contribution in [-0.2, 0) is 75.5 Å². The molecule has 0 bridgehead atoms. The van der Waals surface area contributed by atoms with Gasteiger partial charge in [0, 0.05) is 75.5 Å². The van der Waals surface area contributed by atoms with E-state index in [9.17, 15) is 0 Å². The standard InChI is InChI=1S/Ca.H4Si.Ti.W.Y.2H/h;1H4;;;;;. The van der Waals surface area contributed by atoms with Crippen molar-refractivity contribution in [3.8, 4) is 0 Å². The van der Waals surface area contributed by atoms with E-state index in [1.807, 2.05) is 0 Å². The average molecular weight is 395 g/mol. The molecular formula is H6CaSiTiWY. The van der Waals surface area contributed by atoms with Gasteiger partial charge in [-0.1, -0.05) is 0 Å². The molecule has 0 N–H and O–H groups in total. The maximum Gasteiger partial charge on any atom is 0 e. The Balaban J connectivity index is 0. The first-order valence-corrected chi connectivity index (χ1v) is 0. The van der Waals surface area contributed by atoms with Crippen LogP contribution < -0.4 is 0 Å². The van der Waals surface area contributed by atoms with E-state index in [4.69, 9.17) is 0 Å². The minimum Gasteiger partial charge on any atom is -0.0149 e. The summed E-state index contributed by atoms with van der Waals surface area (Å²) >= 11 is 0. The largest absolute Gasteiger partial charge is 0.0149 e. The first kappa shape index (κ1) is 36.1. The van der Waals surface area contributed by atoms with Gasteiger partial charge in [0.25, 0.3) is 0 Å². The summed E-state index contributed by atoms with van der Waals surface area (Å²) in [5.41, 5.74) is 0. The van der Waals surface area contributed by atoms with E-state index >= 15 is 0 Å². The van der Waals surface area contributed by atoms with Gasteiger partial charge in [-0.05, 0) is 11.0 Å². The molecule has 0 atom stereocenters. The first-order chi connectivity index (χ1) is 0. The Bertz CT molecular complexity index is 11.6. The van der Waals surface area contributed by atoms with Crippen LogP contribution in [-0.4, -0.2) is 48.7 Å². The van der Waals surface area contributed by atoms with E-state index in [1.165, 1.54) is 0 Å². The minimum atomic E-state index is 0. The molecule has 5 heteroatoms. The predicted molar refractivity (Wildman–Crippen MR) is 19.9 cm³/mol. The van der Waals surface area contributed by atoms with Crippen molar-refractivity contribution in [1.29, 1.82) is 0 Å². The molecule has 0 amide bonds. The molecule has 0 unspecified atom stereocenters. The summed E-state index contributed by atoms with van der Waals surface area (Å²) in [5.74, 6) is 0. The summed E-state index contributed by atoms with van der Waals surface area (Å²) in [6.07, 6.45) is 0. The molecule has 1 radical (unpaired) electrons. The molecule has 25 valence electrons. The number of hydrogen-bond acceptors (Lipinski definition) is 0. The molecule has 0 saturated carbocycles. The zero-order chi connectivity index (χ0) is 0. The fourth-order valence-electron chi connectivity index (χ4n) is 0. The second-order valence-electron chi connectivity index (χ2n) is 0. The normalized spacial score (nSPS) is 0. The van der Waals surface area contributed by atoms with Crippen molar-refractivity contribution >= 4 is 48.7 Å². The molecule has 0 aliphatic heterocycles. The fraction of sp³-hybridized carbons (Fsp3) is 0. The maximum absolute atomic E-state index is 0. The minimum absolute atomic E-state index is 0. The molecule has 0 saturated heterocycles. The summed E-state index contributed by atoms with van der Waals surface area (Å²) in [5, 5.41) is 0. The summed E-state index contributed by atoms with van der Waals surface area (Å²) < 4.78 is 0. The second kappa shape index (κ2) is 24.5. The zero-order valence-corrected chi connectivity index (χ0v) is 8.82. The fourth-order valence-corrected chi connectivity index (χ4v) is 0. The second-order valence-corrected chi connectivity index (χ2v) is 0. The SMILES string of the molecule is [CaH2].[SiH4].[Ti].[W].[Y]. The Labute approximate surface area is 121 Å². The van der Waals surface area contributed by atoms with Gasteiger partial charge in [-0.3, -0.25) is 0 Å². The van der Waals surface area contributed by atoms with Crippen LogP contribution >= 0.6 is 0 Å². The van der Waals surface area contributed by atoms with Gasteiger partial charge in [0.15, 0.2) is 0 Å². The quantitative estimate of drug-likeness (QED) is 0.403. The molecular weight excluding hydrogens is 389 g/mol. The molecule has 0 spiro atoms. The Kier molecular flexibility index (Phi) is 177. The van der Waals surface area contributed by atoms with Crippen molar-refractivity contribution in [3.05, 3.63) is 0 Å². The molecule has 0 fully saturated rings. The predicted octanol–water partition coefficient (Wildman–Crippen LogP) is -2.38. The zero-order valence-electron chi connectivity index (χ0n) is 1.49. The molecule has 0 aromatic carbocycles. The molecule has 0 heterocycles. The summed E-state index contributed by atoms with van der Waals surface area (Å²) in [6.45, 7) is 0. The van der Waals surface area contributed by atoms with Crippen molar-refractivity contribution in [3.63, 3.8) is 0 Å². The third kappa shape index (κ3) is 18.0. The molecule has 0 rings (SSSR count). The molecule has 0 aliphatic carbocycles. The van der Waals surface area contributed by atoms with Crippen molar-refractivity contribution in [1.82, 2.24) is 0 Å². The maximum atomic E-state index is 0. The smallest absolute Gasteiger partial charge is 0 e. The van der Waals surface area contributed by atoms with Gasteiger partial charge in [0.1, 0.15) is 0 Å². The third-order valence-corrected chi connectivity index (χ3v) is 0. The van der Waals surface area contributed by atoms with Crippen LogP contribution in [0.1, 0.15) is 0 Å². The van der Waals surface area contributed by atoms with E-state index < -0.39 is 0 Å². The molecule has 0 aliphatic rings. The van der Waals surface area contributed by atoms with Crippen LogP contribution in [0.15, 0.2) is 0 Å². The Hall–Kier alpha value is 3.98. The summed E-state index contributed by atoms with van der Waals surface area (Å²) in [7, 11) is 0. The monoisotopic (exact) mass is 395 g/mol.